The second-order valence-electron chi connectivity index (χ2n) is 5.38. The third-order valence-corrected chi connectivity index (χ3v) is 3.65. The molecule has 2 rings (SSSR count). The van der Waals surface area contributed by atoms with Crippen LogP contribution < -0.4 is 11.1 Å². The van der Waals surface area contributed by atoms with E-state index in [4.69, 9.17) is 5.73 Å². The standard InChI is InChI=1S/C14H25N5/c1-19-10-2-3-12(11-19)5-8-16-14-6-9-17-13(18-14)4-7-15/h6,9,12H,2-5,7-8,10-11,15H2,1H3,(H,16,17,18). The molecule has 19 heavy (non-hydrogen) atoms. The van der Waals surface area contributed by atoms with Gasteiger partial charge in [0.2, 0.25) is 0 Å². The number of nitrogens with zero attached hydrogens (tertiary/aromatic N) is 3. The summed E-state index contributed by atoms with van der Waals surface area (Å²) >= 11 is 0. The van der Waals surface area contributed by atoms with Gasteiger partial charge in [-0.05, 0) is 51.4 Å². The monoisotopic (exact) mass is 263 g/mol. The second kappa shape index (κ2) is 7.40. The molecule has 5 nitrogen and oxygen atoms in total. The molecule has 5 heteroatoms. The van der Waals surface area contributed by atoms with E-state index in [1.807, 2.05) is 6.07 Å². The Labute approximate surface area is 115 Å². The maximum Gasteiger partial charge on any atom is 0.131 e. The molecule has 0 amide bonds. The van der Waals surface area contributed by atoms with E-state index in [-0.39, 0.29) is 0 Å². The number of likely N-dealkylation sites (tertiary alicyclic amines) is 1. The van der Waals surface area contributed by atoms with Gasteiger partial charge < -0.3 is 16.0 Å². The van der Waals surface area contributed by atoms with Crippen LogP contribution in [0.15, 0.2) is 12.3 Å². The highest BCUT2D eigenvalue weighted by atomic mass is 15.1. The van der Waals surface area contributed by atoms with Gasteiger partial charge in [0, 0.05) is 25.7 Å². The molecule has 0 saturated carbocycles. The van der Waals surface area contributed by atoms with Crippen LogP contribution in [0.4, 0.5) is 5.82 Å². The first-order chi connectivity index (χ1) is 9.28. The third kappa shape index (κ3) is 4.76. The summed E-state index contributed by atoms with van der Waals surface area (Å²) < 4.78 is 0. The van der Waals surface area contributed by atoms with Crippen molar-refractivity contribution in [3.8, 4) is 0 Å². The highest BCUT2D eigenvalue weighted by Gasteiger charge is 2.16. The van der Waals surface area contributed by atoms with Crippen molar-refractivity contribution in [3.63, 3.8) is 0 Å². The zero-order valence-electron chi connectivity index (χ0n) is 11.8. The molecule has 3 N–H and O–H groups in total. The van der Waals surface area contributed by atoms with Crippen molar-refractivity contribution in [2.75, 3.05) is 38.5 Å². The maximum absolute atomic E-state index is 5.52. The molecule has 1 saturated heterocycles. The van der Waals surface area contributed by atoms with E-state index < -0.39 is 0 Å². The summed E-state index contributed by atoms with van der Waals surface area (Å²) in [7, 11) is 2.21. The van der Waals surface area contributed by atoms with E-state index >= 15 is 0 Å². The Hall–Kier alpha value is -1.20. The molecule has 1 aliphatic rings. The normalized spacial score (nSPS) is 20.4. The fourth-order valence-electron chi connectivity index (χ4n) is 2.66. The fourth-order valence-corrected chi connectivity index (χ4v) is 2.66. The second-order valence-corrected chi connectivity index (χ2v) is 5.38. The maximum atomic E-state index is 5.52. The van der Waals surface area contributed by atoms with Gasteiger partial charge in [-0.2, -0.15) is 0 Å². The first kappa shape index (κ1) is 14.2. The van der Waals surface area contributed by atoms with E-state index in [0.29, 0.717) is 6.54 Å². The molecular weight excluding hydrogens is 238 g/mol. The van der Waals surface area contributed by atoms with Gasteiger partial charge in [0.25, 0.3) is 0 Å². The Balaban J connectivity index is 1.74. The summed E-state index contributed by atoms with van der Waals surface area (Å²) in [6.45, 7) is 4.05. The highest BCUT2D eigenvalue weighted by Crippen LogP contribution is 2.18. The van der Waals surface area contributed by atoms with Gasteiger partial charge in [0.15, 0.2) is 0 Å². The molecular formula is C14H25N5. The minimum atomic E-state index is 0.595. The average molecular weight is 263 g/mol. The lowest BCUT2D eigenvalue weighted by molar-refractivity contribution is 0.205. The van der Waals surface area contributed by atoms with Gasteiger partial charge in [-0.3, -0.25) is 0 Å². The number of hydrogen-bond donors (Lipinski definition) is 2. The largest absolute Gasteiger partial charge is 0.370 e. The summed E-state index contributed by atoms with van der Waals surface area (Å²) in [6, 6.07) is 1.92. The first-order valence-corrected chi connectivity index (χ1v) is 7.22. The third-order valence-electron chi connectivity index (χ3n) is 3.65. The molecule has 1 aromatic heterocycles. The Kier molecular flexibility index (Phi) is 5.54. The number of hydrogen-bond acceptors (Lipinski definition) is 5. The van der Waals surface area contributed by atoms with Crippen molar-refractivity contribution in [1.29, 1.82) is 0 Å². The van der Waals surface area contributed by atoms with E-state index in [0.717, 1.165) is 30.5 Å². The van der Waals surface area contributed by atoms with Crippen LogP contribution in [0.3, 0.4) is 0 Å². The fraction of sp³-hybridized carbons (Fsp3) is 0.714. The molecule has 1 atom stereocenters. The molecule has 0 spiro atoms. The van der Waals surface area contributed by atoms with Crippen molar-refractivity contribution in [3.05, 3.63) is 18.1 Å². The Bertz CT molecular complexity index is 382. The zero-order chi connectivity index (χ0) is 13.5. The van der Waals surface area contributed by atoms with Gasteiger partial charge >= 0.3 is 0 Å². The van der Waals surface area contributed by atoms with Gasteiger partial charge in [-0.1, -0.05) is 0 Å². The molecule has 0 aromatic carbocycles. The predicted molar refractivity (Wildman–Crippen MR) is 78.1 cm³/mol. The molecule has 1 aliphatic heterocycles. The van der Waals surface area contributed by atoms with Crippen LogP contribution in [0.2, 0.25) is 0 Å². The molecule has 0 radical (unpaired) electrons. The summed E-state index contributed by atoms with van der Waals surface area (Å²) in [5.41, 5.74) is 5.52. The van der Waals surface area contributed by atoms with E-state index in [2.05, 4.69) is 27.2 Å². The van der Waals surface area contributed by atoms with E-state index in [1.165, 1.54) is 32.4 Å². The lowest BCUT2D eigenvalue weighted by atomic mass is 9.95. The number of aromatic nitrogens is 2. The Morgan fingerprint density at radius 3 is 3.21 bits per heavy atom. The lowest BCUT2D eigenvalue weighted by Gasteiger charge is -2.29. The number of nitrogens with one attached hydrogen (secondary N) is 1. The quantitative estimate of drug-likeness (QED) is 0.805. The molecule has 1 fully saturated rings. The molecule has 2 heterocycles. The van der Waals surface area contributed by atoms with Crippen LogP contribution in [0.1, 0.15) is 25.1 Å². The van der Waals surface area contributed by atoms with Crippen molar-refractivity contribution < 1.29 is 0 Å². The minimum Gasteiger partial charge on any atom is -0.370 e. The van der Waals surface area contributed by atoms with Gasteiger partial charge in [0.1, 0.15) is 11.6 Å². The molecule has 106 valence electrons. The molecule has 1 unspecified atom stereocenters. The summed E-state index contributed by atoms with van der Waals surface area (Å²) in [6.07, 6.45) is 6.43. The van der Waals surface area contributed by atoms with Crippen molar-refractivity contribution in [1.82, 2.24) is 14.9 Å². The van der Waals surface area contributed by atoms with Gasteiger partial charge in [-0.25, -0.2) is 9.97 Å². The Morgan fingerprint density at radius 1 is 1.53 bits per heavy atom. The number of anilines is 1. The van der Waals surface area contributed by atoms with Crippen molar-refractivity contribution in [2.24, 2.45) is 11.7 Å². The average Bonchev–Trinajstić information content (AvgIpc) is 2.40. The van der Waals surface area contributed by atoms with Crippen molar-refractivity contribution >= 4 is 5.82 Å². The van der Waals surface area contributed by atoms with Gasteiger partial charge in [-0.15, -0.1) is 0 Å². The summed E-state index contributed by atoms with van der Waals surface area (Å²) in [4.78, 5) is 11.1. The van der Waals surface area contributed by atoms with Crippen LogP contribution in [0, 0.1) is 5.92 Å². The van der Waals surface area contributed by atoms with Crippen LogP contribution >= 0.6 is 0 Å². The predicted octanol–water partition coefficient (Wildman–Crippen LogP) is 1.12. The Morgan fingerprint density at radius 2 is 2.42 bits per heavy atom. The van der Waals surface area contributed by atoms with Crippen LogP contribution in [-0.4, -0.2) is 48.1 Å². The van der Waals surface area contributed by atoms with Gasteiger partial charge in [0.05, 0.1) is 0 Å². The van der Waals surface area contributed by atoms with Crippen LogP contribution in [-0.2, 0) is 6.42 Å². The van der Waals surface area contributed by atoms with Crippen LogP contribution in [0.25, 0.3) is 0 Å². The van der Waals surface area contributed by atoms with E-state index in [1.54, 1.807) is 6.20 Å². The first-order valence-electron chi connectivity index (χ1n) is 7.22. The summed E-state index contributed by atoms with van der Waals surface area (Å²) in [5, 5.41) is 3.40. The smallest absolute Gasteiger partial charge is 0.131 e. The molecule has 0 bridgehead atoms. The molecule has 0 aliphatic carbocycles. The SMILES string of the molecule is CN1CCCC(CCNc2ccnc(CCN)n2)C1. The van der Waals surface area contributed by atoms with Crippen LogP contribution in [0.5, 0.6) is 0 Å². The number of nitrogens with two attached hydrogens (primary N) is 1. The summed E-state index contributed by atoms with van der Waals surface area (Å²) in [5.74, 6) is 2.56. The zero-order valence-corrected chi connectivity index (χ0v) is 11.8. The highest BCUT2D eigenvalue weighted by molar-refractivity contribution is 5.32. The lowest BCUT2D eigenvalue weighted by Crippen LogP contribution is -2.32. The minimum absolute atomic E-state index is 0.595. The molecule has 1 aromatic rings. The topological polar surface area (TPSA) is 67.1 Å². The number of rotatable bonds is 6. The van der Waals surface area contributed by atoms with Crippen molar-refractivity contribution in [2.45, 2.75) is 25.7 Å². The van der Waals surface area contributed by atoms with E-state index in [9.17, 15) is 0 Å². The number of piperidine rings is 1.